The van der Waals surface area contributed by atoms with E-state index in [9.17, 15) is 4.79 Å². The van der Waals surface area contributed by atoms with Crippen LogP contribution in [0.15, 0.2) is 58.1 Å². The molecule has 176 valence electrons. The zero-order valence-corrected chi connectivity index (χ0v) is 20.6. The minimum Gasteiger partial charge on any atom is -0.490 e. The molecule has 0 radical (unpaired) electrons. The summed E-state index contributed by atoms with van der Waals surface area (Å²) in [6.45, 7) is 4.74. The molecule has 2 aromatic rings. The Kier molecular flexibility index (Phi) is 7.70. The molecule has 0 saturated carbocycles. The van der Waals surface area contributed by atoms with Crippen LogP contribution in [0.4, 0.5) is 0 Å². The summed E-state index contributed by atoms with van der Waals surface area (Å²) in [7, 11) is 0. The van der Waals surface area contributed by atoms with Gasteiger partial charge in [0.15, 0.2) is 17.3 Å². The second-order valence-corrected chi connectivity index (χ2v) is 9.10. The molecule has 9 heteroatoms. The summed E-state index contributed by atoms with van der Waals surface area (Å²) in [4.78, 5) is 16.9. The van der Waals surface area contributed by atoms with Gasteiger partial charge >= 0.3 is 0 Å². The highest BCUT2D eigenvalue weighted by atomic mass is 35.5. The van der Waals surface area contributed by atoms with Crippen LogP contribution in [0.5, 0.6) is 11.5 Å². The molecule has 0 aromatic heterocycles. The van der Waals surface area contributed by atoms with Gasteiger partial charge in [0, 0.05) is 0 Å². The number of amidine groups is 2. The second-order valence-electron chi connectivity index (χ2n) is 7.65. The number of unbranched alkanes of at least 4 members (excludes halogenated alkanes) is 1. The van der Waals surface area contributed by atoms with Crippen LogP contribution >= 0.6 is 23.4 Å². The van der Waals surface area contributed by atoms with E-state index in [0.29, 0.717) is 40.5 Å². The van der Waals surface area contributed by atoms with Gasteiger partial charge in [-0.3, -0.25) is 10.2 Å². The van der Waals surface area contributed by atoms with Crippen LogP contribution in [0.1, 0.15) is 44.2 Å². The fraction of sp³-hybridized carbons (Fsp3) is 0.280. The average molecular weight is 497 g/mol. The van der Waals surface area contributed by atoms with Crippen molar-refractivity contribution in [3.8, 4) is 11.5 Å². The first-order valence-corrected chi connectivity index (χ1v) is 12.3. The normalized spacial score (nSPS) is 16.4. The molecule has 34 heavy (non-hydrogen) atoms. The molecule has 0 saturated heterocycles. The third-order valence-electron chi connectivity index (χ3n) is 5.11. The lowest BCUT2D eigenvalue weighted by Crippen LogP contribution is -2.35. The fourth-order valence-corrected chi connectivity index (χ4v) is 4.63. The molecule has 0 fully saturated rings. The molecule has 1 amide bonds. The van der Waals surface area contributed by atoms with Crippen LogP contribution in [0.3, 0.4) is 0 Å². The maximum atomic E-state index is 12.7. The predicted octanol–water partition coefficient (Wildman–Crippen LogP) is 6.13. The maximum Gasteiger partial charge on any atom is 0.283 e. The van der Waals surface area contributed by atoms with Crippen molar-refractivity contribution in [3.05, 3.63) is 64.2 Å². The molecule has 0 bridgehead atoms. The molecular formula is C25H25ClN4O3S. The highest BCUT2D eigenvalue weighted by molar-refractivity contribution is 8.26. The van der Waals surface area contributed by atoms with Crippen LogP contribution in [-0.4, -0.2) is 33.6 Å². The minimum atomic E-state index is -0.478. The maximum absolute atomic E-state index is 12.7. The molecule has 2 aliphatic rings. The van der Waals surface area contributed by atoms with Crippen molar-refractivity contribution in [1.29, 1.82) is 5.41 Å². The van der Waals surface area contributed by atoms with Crippen molar-refractivity contribution in [2.75, 3.05) is 6.61 Å². The Morgan fingerprint density at radius 2 is 1.97 bits per heavy atom. The predicted molar refractivity (Wildman–Crippen MR) is 138 cm³/mol. The van der Waals surface area contributed by atoms with Gasteiger partial charge in [-0.2, -0.15) is 15.1 Å². The number of nitrogens with zero attached hydrogens (tertiary/aromatic N) is 3. The summed E-state index contributed by atoms with van der Waals surface area (Å²) >= 11 is 7.89. The van der Waals surface area contributed by atoms with Crippen molar-refractivity contribution in [2.24, 2.45) is 10.1 Å². The molecule has 0 unspecified atom stereocenters. The van der Waals surface area contributed by atoms with Gasteiger partial charge in [0.25, 0.3) is 5.91 Å². The summed E-state index contributed by atoms with van der Waals surface area (Å²) in [5.74, 6) is 0.413. The van der Waals surface area contributed by atoms with Gasteiger partial charge < -0.3 is 9.47 Å². The number of carbonyl (C=O) groups is 1. The van der Waals surface area contributed by atoms with E-state index < -0.39 is 5.91 Å². The number of hydrogen-bond donors (Lipinski definition) is 1. The van der Waals surface area contributed by atoms with Crippen LogP contribution in [0.2, 0.25) is 5.02 Å². The Labute approximate surface area is 208 Å². The van der Waals surface area contributed by atoms with E-state index in [1.54, 1.807) is 18.2 Å². The summed E-state index contributed by atoms with van der Waals surface area (Å²) in [6, 6.07) is 13.2. The Morgan fingerprint density at radius 1 is 1.18 bits per heavy atom. The van der Waals surface area contributed by atoms with Crippen molar-refractivity contribution in [1.82, 2.24) is 5.01 Å². The van der Waals surface area contributed by atoms with Crippen LogP contribution in [-0.2, 0) is 11.4 Å². The average Bonchev–Trinajstić information content (AvgIpc) is 3.23. The number of aliphatic imine (C=N–C) groups is 1. The largest absolute Gasteiger partial charge is 0.490 e. The molecule has 2 aromatic carbocycles. The summed E-state index contributed by atoms with van der Waals surface area (Å²) in [5.41, 5.74) is 1.75. The SMILES string of the molecule is CCCCC1=NN2C(=N)/C(=C/c3cc(Cl)c(OCc4ccccc4)c(OCC)c3)C(=O)N=C2S1. The van der Waals surface area contributed by atoms with Gasteiger partial charge in [0.1, 0.15) is 11.7 Å². The summed E-state index contributed by atoms with van der Waals surface area (Å²) < 4.78 is 11.7. The highest BCUT2D eigenvalue weighted by Crippen LogP contribution is 2.38. The van der Waals surface area contributed by atoms with Gasteiger partial charge in [0.05, 0.1) is 17.2 Å². The number of nitrogens with one attached hydrogen (secondary N) is 1. The van der Waals surface area contributed by atoms with Crippen molar-refractivity contribution < 1.29 is 14.3 Å². The topological polar surface area (TPSA) is 87.3 Å². The lowest BCUT2D eigenvalue weighted by atomic mass is 10.1. The Morgan fingerprint density at radius 3 is 2.71 bits per heavy atom. The van der Waals surface area contributed by atoms with Gasteiger partial charge in [-0.1, -0.05) is 55.3 Å². The molecule has 2 heterocycles. The Hall–Kier alpha value is -3.10. The van der Waals surface area contributed by atoms with E-state index >= 15 is 0 Å². The highest BCUT2D eigenvalue weighted by Gasteiger charge is 2.35. The van der Waals surface area contributed by atoms with Crippen LogP contribution in [0.25, 0.3) is 6.08 Å². The van der Waals surface area contributed by atoms with E-state index in [1.165, 1.54) is 16.8 Å². The van der Waals surface area contributed by atoms with E-state index in [4.69, 9.17) is 26.5 Å². The number of fused-ring (bicyclic) bond motifs is 1. The zero-order chi connectivity index (χ0) is 24.1. The third kappa shape index (κ3) is 5.34. The first-order valence-electron chi connectivity index (χ1n) is 11.1. The lowest BCUT2D eigenvalue weighted by Gasteiger charge is -2.20. The minimum absolute atomic E-state index is 0.00696. The van der Waals surface area contributed by atoms with Crippen molar-refractivity contribution in [3.63, 3.8) is 0 Å². The van der Waals surface area contributed by atoms with E-state index in [1.807, 2.05) is 37.3 Å². The van der Waals surface area contributed by atoms with Gasteiger partial charge in [0.2, 0.25) is 5.17 Å². The first-order chi connectivity index (χ1) is 16.5. The number of halogens is 1. The first kappa shape index (κ1) is 24.0. The lowest BCUT2D eigenvalue weighted by molar-refractivity contribution is -0.114. The van der Waals surface area contributed by atoms with Crippen LogP contribution < -0.4 is 9.47 Å². The quantitative estimate of drug-likeness (QED) is 0.422. The Balaban J connectivity index is 1.60. The van der Waals surface area contributed by atoms with Crippen molar-refractivity contribution >= 4 is 51.4 Å². The molecule has 0 spiro atoms. The van der Waals surface area contributed by atoms with Crippen LogP contribution in [0, 0.1) is 5.41 Å². The number of carbonyl (C=O) groups excluding carboxylic acids is 1. The number of rotatable bonds is 9. The summed E-state index contributed by atoms with van der Waals surface area (Å²) in [6.07, 6.45) is 4.43. The number of hydrogen-bond acceptors (Lipinski definition) is 6. The molecule has 7 nitrogen and oxygen atoms in total. The summed E-state index contributed by atoms with van der Waals surface area (Å²) in [5, 5.41) is 16.1. The molecule has 2 aliphatic heterocycles. The number of hydrazone groups is 1. The molecule has 0 atom stereocenters. The number of ether oxygens (including phenoxy) is 2. The standard InChI is InChI=1S/C25H25ClN4O3S/c1-3-5-11-21-29-30-23(27)18(24(31)28-25(30)34-21)12-17-13-19(26)22(20(14-17)32-4-2)33-15-16-9-7-6-8-10-16/h6-10,12-14,27H,3-5,11,15H2,1-2H3/b18-12-,27-23?. The van der Waals surface area contributed by atoms with Gasteiger partial charge in [-0.15, -0.1) is 0 Å². The monoisotopic (exact) mass is 496 g/mol. The molecule has 4 rings (SSSR count). The third-order valence-corrected chi connectivity index (χ3v) is 6.36. The van der Waals surface area contributed by atoms with E-state index in [2.05, 4.69) is 17.0 Å². The molecule has 0 aliphatic carbocycles. The van der Waals surface area contributed by atoms with Gasteiger partial charge in [-0.05, 0) is 60.9 Å². The van der Waals surface area contributed by atoms with Crippen molar-refractivity contribution in [2.45, 2.75) is 39.7 Å². The smallest absolute Gasteiger partial charge is 0.283 e. The number of amides is 1. The zero-order valence-electron chi connectivity index (χ0n) is 19.0. The van der Waals surface area contributed by atoms with E-state index in [-0.39, 0.29) is 11.4 Å². The second kappa shape index (κ2) is 10.9. The molecule has 1 N–H and O–H groups in total. The van der Waals surface area contributed by atoms with Gasteiger partial charge in [-0.25, -0.2) is 0 Å². The Bertz CT molecular complexity index is 1190. The fourth-order valence-electron chi connectivity index (χ4n) is 3.43. The van der Waals surface area contributed by atoms with E-state index in [0.717, 1.165) is 29.9 Å². The number of benzene rings is 2. The molecular weight excluding hydrogens is 472 g/mol. The number of thioether (sulfide) groups is 1.